The fourth-order valence-electron chi connectivity index (χ4n) is 3.71. The molecule has 24 heavy (non-hydrogen) atoms. The zero-order valence-electron chi connectivity index (χ0n) is 15.5. The molecule has 2 rings (SSSR count). The fourth-order valence-corrected chi connectivity index (χ4v) is 3.71. The summed E-state index contributed by atoms with van der Waals surface area (Å²) in [6.07, 6.45) is 5.90. The van der Waals surface area contributed by atoms with Crippen molar-refractivity contribution >= 4 is 11.8 Å². The minimum atomic E-state index is -0.850. The van der Waals surface area contributed by atoms with Gasteiger partial charge in [-0.25, -0.2) is 0 Å². The largest absolute Gasteiger partial charge is 0.383 e. The number of piperidine rings is 1. The van der Waals surface area contributed by atoms with Crippen molar-refractivity contribution in [2.24, 2.45) is 17.8 Å². The molecule has 5 heteroatoms. The molecule has 1 saturated heterocycles. The summed E-state index contributed by atoms with van der Waals surface area (Å²) in [6, 6.07) is 0.172. The molecule has 1 heterocycles. The van der Waals surface area contributed by atoms with Crippen LogP contribution in [0.15, 0.2) is 0 Å². The monoisotopic (exact) mass is 338 g/mol. The molecular formula is C19H34N2O3. The molecule has 0 radical (unpaired) electrons. The van der Waals surface area contributed by atoms with Gasteiger partial charge < -0.3 is 15.3 Å². The number of carbonyl (C=O) groups excluding carboxylic acids is 2. The number of hydrogen-bond acceptors (Lipinski definition) is 3. The summed E-state index contributed by atoms with van der Waals surface area (Å²) in [6.45, 7) is 7.38. The summed E-state index contributed by atoms with van der Waals surface area (Å²) >= 11 is 0. The Morgan fingerprint density at radius 1 is 1.00 bits per heavy atom. The standard InChI is InChI=1S/C19H34N2O3/c1-13(2)14(3)20-18(23)16-9-11-21(12-10-16)19(24)17(22)15-7-5-4-6-8-15/h13-17,22H,4-12H2,1-3H3,(H,20,23)/t14-,17-/m0/s1. The molecule has 1 aliphatic heterocycles. The van der Waals surface area contributed by atoms with Crippen LogP contribution in [-0.2, 0) is 9.59 Å². The first-order valence-corrected chi connectivity index (χ1v) is 9.67. The second kappa shape index (κ2) is 8.84. The highest BCUT2D eigenvalue weighted by atomic mass is 16.3. The molecule has 5 nitrogen and oxygen atoms in total. The van der Waals surface area contributed by atoms with E-state index < -0.39 is 6.10 Å². The molecule has 2 amide bonds. The van der Waals surface area contributed by atoms with Crippen LogP contribution in [0, 0.1) is 17.8 Å². The molecule has 2 atom stereocenters. The molecule has 0 spiro atoms. The zero-order chi connectivity index (χ0) is 17.7. The van der Waals surface area contributed by atoms with Crippen LogP contribution in [-0.4, -0.2) is 47.1 Å². The fraction of sp³-hybridized carbons (Fsp3) is 0.895. The number of nitrogens with one attached hydrogen (secondary N) is 1. The van der Waals surface area contributed by atoms with Crippen LogP contribution in [0.3, 0.4) is 0 Å². The number of likely N-dealkylation sites (tertiary alicyclic amines) is 1. The number of aliphatic hydroxyl groups excluding tert-OH is 1. The van der Waals surface area contributed by atoms with Crippen molar-refractivity contribution in [1.29, 1.82) is 0 Å². The number of carbonyl (C=O) groups is 2. The maximum Gasteiger partial charge on any atom is 0.251 e. The molecule has 138 valence electrons. The zero-order valence-corrected chi connectivity index (χ0v) is 15.5. The average Bonchev–Trinajstić information content (AvgIpc) is 2.61. The Morgan fingerprint density at radius 2 is 1.58 bits per heavy atom. The number of rotatable bonds is 5. The van der Waals surface area contributed by atoms with E-state index in [9.17, 15) is 14.7 Å². The molecule has 0 aromatic rings. The van der Waals surface area contributed by atoms with E-state index >= 15 is 0 Å². The molecule has 2 fully saturated rings. The highest BCUT2D eigenvalue weighted by Gasteiger charge is 2.34. The predicted octanol–water partition coefficient (Wildman–Crippen LogP) is 2.33. The van der Waals surface area contributed by atoms with Gasteiger partial charge in [0.1, 0.15) is 6.10 Å². The van der Waals surface area contributed by atoms with Crippen LogP contribution < -0.4 is 5.32 Å². The van der Waals surface area contributed by atoms with Crippen LogP contribution in [0.25, 0.3) is 0 Å². The number of hydrogen-bond donors (Lipinski definition) is 2. The summed E-state index contributed by atoms with van der Waals surface area (Å²) in [5.74, 6) is 0.509. The number of nitrogens with zero attached hydrogens (tertiary/aromatic N) is 1. The molecule has 2 aliphatic rings. The van der Waals surface area contributed by atoms with Gasteiger partial charge in [-0.2, -0.15) is 0 Å². The molecule has 1 aliphatic carbocycles. The maximum atomic E-state index is 12.5. The smallest absolute Gasteiger partial charge is 0.251 e. The van der Waals surface area contributed by atoms with Gasteiger partial charge in [0.15, 0.2) is 0 Å². The van der Waals surface area contributed by atoms with Gasteiger partial charge in [0.2, 0.25) is 5.91 Å². The van der Waals surface area contributed by atoms with Gasteiger partial charge in [0, 0.05) is 25.0 Å². The third-order valence-electron chi connectivity index (χ3n) is 5.90. The molecular weight excluding hydrogens is 304 g/mol. The van der Waals surface area contributed by atoms with Gasteiger partial charge in [-0.3, -0.25) is 9.59 Å². The topological polar surface area (TPSA) is 69.6 Å². The van der Waals surface area contributed by atoms with E-state index in [-0.39, 0.29) is 29.7 Å². The van der Waals surface area contributed by atoms with E-state index in [1.165, 1.54) is 6.42 Å². The van der Waals surface area contributed by atoms with Crippen molar-refractivity contribution in [3.63, 3.8) is 0 Å². The van der Waals surface area contributed by atoms with Crippen LogP contribution in [0.1, 0.15) is 65.7 Å². The third kappa shape index (κ3) is 4.95. The molecule has 2 N–H and O–H groups in total. The van der Waals surface area contributed by atoms with Crippen molar-refractivity contribution in [2.75, 3.05) is 13.1 Å². The predicted molar refractivity (Wildman–Crippen MR) is 94.3 cm³/mol. The quantitative estimate of drug-likeness (QED) is 0.808. The lowest BCUT2D eigenvalue weighted by Crippen LogP contribution is -2.49. The second-order valence-corrected chi connectivity index (χ2v) is 7.98. The highest BCUT2D eigenvalue weighted by molar-refractivity contribution is 5.82. The Hall–Kier alpha value is -1.10. The first-order valence-electron chi connectivity index (χ1n) is 9.67. The van der Waals surface area contributed by atoms with Crippen molar-refractivity contribution < 1.29 is 14.7 Å². The first kappa shape index (κ1) is 19.2. The second-order valence-electron chi connectivity index (χ2n) is 7.98. The molecule has 1 saturated carbocycles. The maximum absolute atomic E-state index is 12.5. The van der Waals surface area contributed by atoms with Gasteiger partial charge in [0.25, 0.3) is 5.91 Å². The van der Waals surface area contributed by atoms with Crippen LogP contribution in [0.4, 0.5) is 0 Å². The van der Waals surface area contributed by atoms with Crippen molar-refractivity contribution in [3.8, 4) is 0 Å². The molecule has 0 bridgehead atoms. The van der Waals surface area contributed by atoms with E-state index in [0.29, 0.717) is 31.8 Å². The van der Waals surface area contributed by atoms with Crippen LogP contribution >= 0.6 is 0 Å². The third-order valence-corrected chi connectivity index (χ3v) is 5.90. The summed E-state index contributed by atoms with van der Waals surface area (Å²) in [7, 11) is 0. The van der Waals surface area contributed by atoms with Crippen molar-refractivity contribution in [1.82, 2.24) is 10.2 Å². The Kier molecular flexibility index (Phi) is 7.08. The average molecular weight is 338 g/mol. The van der Waals surface area contributed by atoms with Crippen LogP contribution in [0.5, 0.6) is 0 Å². The van der Waals surface area contributed by atoms with E-state index in [4.69, 9.17) is 0 Å². The Balaban J connectivity index is 1.79. The van der Waals surface area contributed by atoms with E-state index in [0.717, 1.165) is 25.7 Å². The van der Waals surface area contributed by atoms with Crippen molar-refractivity contribution in [2.45, 2.75) is 77.9 Å². The number of amides is 2. The van der Waals surface area contributed by atoms with E-state index in [1.807, 2.05) is 6.92 Å². The SMILES string of the molecule is CC(C)[C@H](C)NC(=O)C1CCN(C(=O)[C@@H](O)C2CCCCC2)CC1. The summed E-state index contributed by atoms with van der Waals surface area (Å²) < 4.78 is 0. The molecule has 0 aromatic heterocycles. The van der Waals surface area contributed by atoms with E-state index in [1.54, 1.807) is 4.90 Å². The van der Waals surface area contributed by atoms with Gasteiger partial charge >= 0.3 is 0 Å². The minimum absolute atomic E-state index is 0.0120. The first-order chi connectivity index (χ1) is 11.4. The van der Waals surface area contributed by atoms with Crippen molar-refractivity contribution in [3.05, 3.63) is 0 Å². The van der Waals surface area contributed by atoms with Gasteiger partial charge in [0.05, 0.1) is 0 Å². The Labute approximate surface area is 146 Å². The van der Waals surface area contributed by atoms with E-state index in [2.05, 4.69) is 19.2 Å². The van der Waals surface area contributed by atoms with Crippen LogP contribution in [0.2, 0.25) is 0 Å². The minimum Gasteiger partial charge on any atom is -0.383 e. The molecule has 0 aromatic carbocycles. The Bertz CT molecular complexity index is 424. The van der Waals surface area contributed by atoms with Gasteiger partial charge in [-0.1, -0.05) is 33.1 Å². The number of aliphatic hydroxyl groups is 1. The normalized spacial score (nSPS) is 23.1. The van der Waals surface area contributed by atoms with Gasteiger partial charge in [-0.15, -0.1) is 0 Å². The highest BCUT2D eigenvalue weighted by Crippen LogP contribution is 2.28. The molecule has 0 unspecified atom stereocenters. The summed E-state index contributed by atoms with van der Waals surface area (Å²) in [5, 5.41) is 13.5. The lowest BCUT2D eigenvalue weighted by atomic mass is 9.84. The lowest BCUT2D eigenvalue weighted by molar-refractivity contribution is -0.146. The summed E-state index contributed by atoms with van der Waals surface area (Å²) in [5.41, 5.74) is 0. The Morgan fingerprint density at radius 3 is 2.12 bits per heavy atom. The lowest BCUT2D eigenvalue weighted by Gasteiger charge is -2.35. The van der Waals surface area contributed by atoms with Gasteiger partial charge in [-0.05, 0) is 44.4 Å². The summed E-state index contributed by atoms with van der Waals surface area (Å²) in [4.78, 5) is 26.6.